The number of hydrogen-bond acceptors (Lipinski definition) is 2. The van der Waals surface area contributed by atoms with E-state index >= 15 is 0 Å². The maximum atomic E-state index is 13.6. The third-order valence-electron chi connectivity index (χ3n) is 2.20. The fraction of sp³-hybridized carbons (Fsp3) is 0.333. The van der Waals surface area contributed by atoms with Crippen molar-refractivity contribution in [2.45, 2.75) is 19.6 Å². The van der Waals surface area contributed by atoms with Gasteiger partial charge in [-0.3, -0.25) is 0 Å². The Bertz CT molecular complexity index is 377. The van der Waals surface area contributed by atoms with Crippen molar-refractivity contribution in [3.63, 3.8) is 0 Å². The molecule has 2 nitrogen and oxygen atoms in total. The summed E-state index contributed by atoms with van der Waals surface area (Å²) < 4.78 is 26.9. The van der Waals surface area contributed by atoms with Crippen LogP contribution in [0.1, 0.15) is 0 Å². The van der Waals surface area contributed by atoms with Crippen molar-refractivity contribution in [3.8, 4) is 0 Å². The van der Waals surface area contributed by atoms with Gasteiger partial charge in [0.25, 0.3) is 0 Å². The SMILES string of the molecule is C[Si](C)(C)c1ccc(B(O)O)c(F)c1F. The predicted molar refractivity (Wildman–Crippen MR) is 59.2 cm³/mol. The summed E-state index contributed by atoms with van der Waals surface area (Å²) >= 11 is 0. The molecular weight excluding hydrogens is 217 g/mol. The predicted octanol–water partition coefficient (Wildman–Crippen LogP) is 0.190. The largest absolute Gasteiger partial charge is 0.491 e. The van der Waals surface area contributed by atoms with Crippen molar-refractivity contribution in [3.05, 3.63) is 23.8 Å². The molecule has 0 saturated carbocycles. The zero-order valence-electron chi connectivity index (χ0n) is 8.88. The molecule has 1 rings (SSSR count). The fourth-order valence-electron chi connectivity index (χ4n) is 1.34. The first-order valence-corrected chi connectivity index (χ1v) is 8.09. The summed E-state index contributed by atoms with van der Waals surface area (Å²) in [7, 11) is -3.92. The van der Waals surface area contributed by atoms with Gasteiger partial charge in [-0.25, -0.2) is 8.78 Å². The molecule has 0 atom stereocenters. The topological polar surface area (TPSA) is 40.5 Å². The molecule has 1 aromatic carbocycles. The van der Waals surface area contributed by atoms with E-state index in [-0.39, 0.29) is 0 Å². The molecule has 0 spiro atoms. The van der Waals surface area contributed by atoms with Gasteiger partial charge in [0, 0.05) is 5.46 Å². The van der Waals surface area contributed by atoms with E-state index in [1.165, 1.54) is 12.1 Å². The Labute approximate surface area is 88.7 Å². The normalized spacial score (nSPS) is 11.7. The molecule has 0 unspecified atom stereocenters. The average molecular weight is 230 g/mol. The lowest BCUT2D eigenvalue weighted by Gasteiger charge is -2.18. The van der Waals surface area contributed by atoms with Crippen LogP contribution < -0.4 is 10.6 Å². The van der Waals surface area contributed by atoms with E-state index < -0.39 is 32.3 Å². The van der Waals surface area contributed by atoms with Gasteiger partial charge in [-0.15, -0.1) is 0 Å². The second-order valence-electron chi connectivity index (χ2n) is 4.45. The van der Waals surface area contributed by atoms with Crippen molar-refractivity contribution < 1.29 is 18.8 Å². The molecule has 0 saturated heterocycles. The van der Waals surface area contributed by atoms with Crippen LogP contribution in [-0.2, 0) is 0 Å². The highest BCUT2D eigenvalue weighted by Gasteiger charge is 2.27. The maximum absolute atomic E-state index is 13.6. The van der Waals surface area contributed by atoms with Crippen LogP contribution in [0.3, 0.4) is 0 Å². The highest BCUT2D eigenvalue weighted by molar-refractivity contribution is 6.88. The van der Waals surface area contributed by atoms with Crippen LogP contribution in [0.15, 0.2) is 12.1 Å². The van der Waals surface area contributed by atoms with E-state index in [4.69, 9.17) is 10.0 Å². The van der Waals surface area contributed by atoms with Crippen molar-refractivity contribution in [1.82, 2.24) is 0 Å². The van der Waals surface area contributed by atoms with Crippen molar-refractivity contribution >= 4 is 25.8 Å². The molecule has 15 heavy (non-hydrogen) atoms. The minimum absolute atomic E-state index is 0.351. The molecular formula is C9H13BF2O2Si. The molecule has 0 bridgehead atoms. The lowest BCUT2D eigenvalue weighted by molar-refractivity contribution is 0.420. The molecule has 0 aliphatic rings. The van der Waals surface area contributed by atoms with Crippen LogP contribution in [0.25, 0.3) is 0 Å². The third kappa shape index (κ3) is 2.45. The Hall–Kier alpha value is -0.718. The van der Waals surface area contributed by atoms with E-state index in [9.17, 15) is 8.78 Å². The van der Waals surface area contributed by atoms with Gasteiger partial charge in [0.15, 0.2) is 11.6 Å². The summed E-state index contributed by atoms with van der Waals surface area (Å²) in [5.41, 5.74) is -0.422. The third-order valence-corrected chi connectivity index (χ3v) is 4.20. The van der Waals surface area contributed by atoms with Crippen LogP contribution >= 0.6 is 0 Å². The Morgan fingerprint density at radius 3 is 2.00 bits per heavy atom. The van der Waals surface area contributed by atoms with Gasteiger partial charge in [0.1, 0.15) is 0 Å². The Morgan fingerprint density at radius 2 is 1.60 bits per heavy atom. The summed E-state index contributed by atoms with van der Waals surface area (Å²) in [6.07, 6.45) is 0. The van der Waals surface area contributed by atoms with Crippen LogP contribution in [0.5, 0.6) is 0 Å². The van der Waals surface area contributed by atoms with Crippen LogP contribution in [0.2, 0.25) is 19.6 Å². The van der Waals surface area contributed by atoms with E-state index in [1.807, 2.05) is 19.6 Å². The Balaban J connectivity index is 3.34. The first kappa shape index (κ1) is 12.4. The Kier molecular flexibility index (Phi) is 3.32. The molecule has 0 heterocycles. The Morgan fingerprint density at radius 1 is 1.07 bits per heavy atom. The lowest BCUT2D eigenvalue weighted by atomic mass is 9.80. The smallest absolute Gasteiger partial charge is 0.423 e. The first-order chi connectivity index (χ1) is 6.75. The van der Waals surface area contributed by atoms with Crippen LogP contribution in [0.4, 0.5) is 8.78 Å². The maximum Gasteiger partial charge on any atom is 0.491 e. The molecule has 2 N–H and O–H groups in total. The zero-order valence-corrected chi connectivity index (χ0v) is 9.88. The van der Waals surface area contributed by atoms with E-state index in [0.29, 0.717) is 5.19 Å². The van der Waals surface area contributed by atoms with E-state index in [0.717, 1.165) is 0 Å². The standard InChI is InChI=1S/C9H13BF2O2Si/c1-15(2,3)7-5-4-6(10(13)14)8(11)9(7)12/h4-5,13-14H,1-3H3. The molecule has 6 heteroatoms. The number of benzene rings is 1. The summed E-state index contributed by atoms with van der Waals surface area (Å²) in [5, 5.41) is 17.9. The zero-order chi connectivity index (χ0) is 11.8. The molecule has 0 radical (unpaired) electrons. The van der Waals surface area contributed by atoms with Gasteiger partial charge in [0.05, 0.1) is 8.07 Å². The van der Waals surface area contributed by atoms with Gasteiger partial charge in [-0.1, -0.05) is 31.8 Å². The van der Waals surface area contributed by atoms with Gasteiger partial charge >= 0.3 is 7.12 Å². The highest BCUT2D eigenvalue weighted by atomic mass is 28.3. The quantitative estimate of drug-likeness (QED) is 0.712. The first-order valence-electron chi connectivity index (χ1n) is 4.59. The second-order valence-corrected chi connectivity index (χ2v) is 9.49. The van der Waals surface area contributed by atoms with Gasteiger partial charge < -0.3 is 10.0 Å². The van der Waals surface area contributed by atoms with Crippen LogP contribution in [-0.4, -0.2) is 25.2 Å². The summed E-state index contributed by atoms with van der Waals surface area (Å²) in [6, 6.07) is 2.65. The van der Waals surface area contributed by atoms with Gasteiger partial charge in [-0.05, 0) is 5.19 Å². The molecule has 0 amide bonds. The van der Waals surface area contributed by atoms with Gasteiger partial charge in [0.2, 0.25) is 0 Å². The lowest BCUT2D eigenvalue weighted by Crippen LogP contribution is -2.44. The van der Waals surface area contributed by atoms with Gasteiger partial charge in [-0.2, -0.15) is 0 Å². The van der Waals surface area contributed by atoms with E-state index in [1.54, 1.807) is 0 Å². The van der Waals surface area contributed by atoms with Crippen molar-refractivity contribution in [2.75, 3.05) is 0 Å². The van der Waals surface area contributed by atoms with Crippen molar-refractivity contribution in [1.29, 1.82) is 0 Å². The molecule has 0 aliphatic carbocycles. The molecule has 0 aliphatic heterocycles. The molecule has 0 aromatic heterocycles. The summed E-state index contributed by atoms with van der Waals surface area (Å²) in [4.78, 5) is 0. The van der Waals surface area contributed by atoms with E-state index in [2.05, 4.69) is 0 Å². The number of hydrogen-bond donors (Lipinski definition) is 2. The minimum Gasteiger partial charge on any atom is -0.423 e. The molecule has 0 fully saturated rings. The minimum atomic E-state index is -1.98. The number of rotatable bonds is 2. The second kappa shape index (κ2) is 4.04. The summed E-state index contributed by atoms with van der Waals surface area (Å²) in [6.45, 7) is 5.67. The number of halogens is 2. The average Bonchev–Trinajstić information content (AvgIpc) is 2.06. The molecule has 1 aromatic rings. The summed E-state index contributed by atoms with van der Waals surface area (Å²) in [5.74, 6) is -2.12. The van der Waals surface area contributed by atoms with Crippen LogP contribution in [0, 0.1) is 11.6 Å². The highest BCUT2D eigenvalue weighted by Crippen LogP contribution is 2.08. The monoisotopic (exact) mass is 230 g/mol. The van der Waals surface area contributed by atoms with Crippen molar-refractivity contribution in [2.24, 2.45) is 0 Å². The molecule has 82 valence electrons. The fourth-order valence-corrected chi connectivity index (χ4v) is 2.69.